The minimum absolute atomic E-state index is 0.186. The van der Waals surface area contributed by atoms with Crippen LogP contribution >= 0.6 is 0 Å². The molecule has 2 rings (SSSR count). The van der Waals surface area contributed by atoms with Crippen LogP contribution in [0.2, 0.25) is 0 Å². The van der Waals surface area contributed by atoms with Crippen molar-refractivity contribution in [1.29, 1.82) is 0 Å². The van der Waals surface area contributed by atoms with Crippen LogP contribution in [0, 0.1) is 0 Å². The molecule has 1 fully saturated rings. The SMILES string of the molecule is C=Cc1ccccn1.NC1COCCO1. The second-order valence-corrected chi connectivity index (χ2v) is 2.94. The van der Waals surface area contributed by atoms with E-state index in [2.05, 4.69) is 11.6 Å². The summed E-state index contributed by atoms with van der Waals surface area (Å²) in [6.07, 6.45) is 3.28. The highest BCUT2D eigenvalue weighted by Gasteiger charge is 2.06. The maximum atomic E-state index is 5.29. The molecule has 82 valence electrons. The number of pyridine rings is 1. The van der Waals surface area contributed by atoms with Gasteiger partial charge in [0.25, 0.3) is 0 Å². The van der Waals surface area contributed by atoms with Gasteiger partial charge in [-0.15, -0.1) is 0 Å². The molecule has 2 heterocycles. The lowest BCUT2D eigenvalue weighted by molar-refractivity contribution is -0.0849. The number of nitrogens with two attached hydrogens (primary N) is 1. The summed E-state index contributed by atoms with van der Waals surface area (Å²) >= 11 is 0. The lowest BCUT2D eigenvalue weighted by atomic mass is 10.4. The maximum Gasteiger partial charge on any atom is 0.129 e. The van der Waals surface area contributed by atoms with E-state index in [0.717, 1.165) is 5.69 Å². The number of hydrogen-bond donors (Lipinski definition) is 1. The molecule has 0 aliphatic carbocycles. The Morgan fingerprint density at radius 3 is 2.67 bits per heavy atom. The normalized spacial score (nSPS) is 19.9. The Morgan fingerprint density at radius 1 is 1.47 bits per heavy atom. The average molecular weight is 208 g/mol. The summed E-state index contributed by atoms with van der Waals surface area (Å²) in [5, 5.41) is 0. The van der Waals surface area contributed by atoms with E-state index in [9.17, 15) is 0 Å². The van der Waals surface area contributed by atoms with Crippen LogP contribution in [0.1, 0.15) is 5.69 Å². The van der Waals surface area contributed by atoms with Crippen molar-refractivity contribution < 1.29 is 9.47 Å². The Hall–Kier alpha value is -1.23. The third-order valence-corrected chi connectivity index (χ3v) is 1.74. The highest BCUT2D eigenvalue weighted by molar-refractivity contribution is 5.40. The Balaban J connectivity index is 0.000000151. The summed E-state index contributed by atoms with van der Waals surface area (Å²) in [5.74, 6) is 0. The van der Waals surface area contributed by atoms with Gasteiger partial charge < -0.3 is 15.2 Å². The van der Waals surface area contributed by atoms with Crippen molar-refractivity contribution in [3.63, 3.8) is 0 Å². The van der Waals surface area contributed by atoms with Crippen LogP contribution in [0.3, 0.4) is 0 Å². The molecule has 0 spiro atoms. The topological polar surface area (TPSA) is 57.4 Å². The molecular formula is C11H16N2O2. The number of nitrogens with zero attached hydrogens (tertiary/aromatic N) is 1. The van der Waals surface area contributed by atoms with Crippen LogP contribution in [0.25, 0.3) is 6.08 Å². The van der Waals surface area contributed by atoms with Crippen molar-refractivity contribution >= 4 is 6.08 Å². The predicted molar refractivity (Wildman–Crippen MR) is 59.1 cm³/mol. The molecule has 4 nitrogen and oxygen atoms in total. The van der Waals surface area contributed by atoms with Gasteiger partial charge in [-0.3, -0.25) is 4.98 Å². The Kier molecular flexibility index (Phi) is 5.62. The van der Waals surface area contributed by atoms with Gasteiger partial charge in [-0.1, -0.05) is 12.6 Å². The average Bonchev–Trinajstić information content (AvgIpc) is 2.32. The fourth-order valence-electron chi connectivity index (χ4n) is 1.00. The van der Waals surface area contributed by atoms with E-state index < -0.39 is 0 Å². The summed E-state index contributed by atoms with van der Waals surface area (Å²) < 4.78 is 9.86. The van der Waals surface area contributed by atoms with Crippen LogP contribution < -0.4 is 5.73 Å². The highest BCUT2D eigenvalue weighted by Crippen LogP contribution is 1.92. The van der Waals surface area contributed by atoms with Crippen LogP contribution in [0.5, 0.6) is 0 Å². The largest absolute Gasteiger partial charge is 0.375 e. The molecule has 0 amide bonds. The Morgan fingerprint density at radius 2 is 2.33 bits per heavy atom. The summed E-state index contributed by atoms with van der Waals surface area (Å²) in [5.41, 5.74) is 6.21. The van der Waals surface area contributed by atoms with Gasteiger partial charge in [-0.25, -0.2) is 0 Å². The lowest BCUT2D eigenvalue weighted by Crippen LogP contribution is -2.35. The molecule has 1 unspecified atom stereocenters. The van der Waals surface area contributed by atoms with E-state index in [1.807, 2.05) is 18.2 Å². The molecule has 1 aliphatic rings. The second kappa shape index (κ2) is 7.11. The van der Waals surface area contributed by atoms with E-state index in [4.69, 9.17) is 15.2 Å². The predicted octanol–water partition coefficient (Wildman–Crippen LogP) is 1.04. The Labute approximate surface area is 89.7 Å². The molecule has 1 aromatic heterocycles. The molecule has 4 heteroatoms. The minimum Gasteiger partial charge on any atom is -0.375 e. The first-order chi connectivity index (χ1) is 7.33. The minimum atomic E-state index is -0.186. The summed E-state index contributed by atoms with van der Waals surface area (Å²) in [4.78, 5) is 3.98. The standard InChI is InChI=1S/C7H7N.C4H9NO2/c1-2-7-5-3-4-6-8-7;5-4-3-6-1-2-7-4/h2-6H,1H2;4H,1-3,5H2. The fourth-order valence-corrected chi connectivity index (χ4v) is 1.00. The third kappa shape index (κ3) is 5.27. The van der Waals surface area contributed by atoms with E-state index in [-0.39, 0.29) is 6.23 Å². The molecule has 0 aromatic carbocycles. The van der Waals surface area contributed by atoms with Crippen molar-refractivity contribution in [2.24, 2.45) is 5.73 Å². The number of ether oxygens (including phenoxy) is 2. The number of rotatable bonds is 1. The van der Waals surface area contributed by atoms with Crippen LogP contribution in [0.15, 0.2) is 31.0 Å². The van der Waals surface area contributed by atoms with Gasteiger partial charge in [0.15, 0.2) is 0 Å². The van der Waals surface area contributed by atoms with Gasteiger partial charge in [0, 0.05) is 6.20 Å². The maximum absolute atomic E-state index is 5.29. The van der Waals surface area contributed by atoms with E-state index in [1.165, 1.54) is 0 Å². The first-order valence-electron chi connectivity index (χ1n) is 4.81. The summed E-state index contributed by atoms with van der Waals surface area (Å²) in [6, 6.07) is 5.73. The smallest absolute Gasteiger partial charge is 0.129 e. The van der Waals surface area contributed by atoms with Gasteiger partial charge in [0.1, 0.15) is 6.23 Å². The number of hydrogen-bond acceptors (Lipinski definition) is 4. The van der Waals surface area contributed by atoms with Gasteiger partial charge in [0.05, 0.1) is 25.5 Å². The van der Waals surface area contributed by atoms with Gasteiger partial charge >= 0.3 is 0 Å². The van der Waals surface area contributed by atoms with Crippen LogP contribution in [-0.4, -0.2) is 31.0 Å². The molecule has 1 saturated heterocycles. The van der Waals surface area contributed by atoms with Crippen molar-refractivity contribution in [1.82, 2.24) is 4.98 Å². The third-order valence-electron chi connectivity index (χ3n) is 1.74. The monoisotopic (exact) mass is 208 g/mol. The van der Waals surface area contributed by atoms with Gasteiger partial charge in [-0.05, 0) is 18.2 Å². The molecule has 0 saturated carbocycles. The second-order valence-electron chi connectivity index (χ2n) is 2.94. The van der Waals surface area contributed by atoms with Crippen LogP contribution in [0.4, 0.5) is 0 Å². The van der Waals surface area contributed by atoms with E-state index in [0.29, 0.717) is 19.8 Å². The lowest BCUT2D eigenvalue weighted by Gasteiger charge is -2.18. The fraction of sp³-hybridized carbons (Fsp3) is 0.364. The molecule has 1 aromatic rings. The quantitative estimate of drug-likeness (QED) is 0.749. The number of aromatic nitrogens is 1. The molecule has 1 aliphatic heterocycles. The highest BCUT2D eigenvalue weighted by atomic mass is 16.6. The van der Waals surface area contributed by atoms with E-state index in [1.54, 1.807) is 12.3 Å². The van der Waals surface area contributed by atoms with Crippen molar-refractivity contribution in [3.05, 3.63) is 36.7 Å². The van der Waals surface area contributed by atoms with Crippen molar-refractivity contribution in [2.75, 3.05) is 19.8 Å². The zero-order valence-electron chi connectivity index (χ0n) is 8.63. The summed E-state index contributed by atoms with van der Waals surface area (Å²) in [6.45, 7) is 5.44. The van der Waals surface area contributed by atoms with E-state index >= 15 is 0 Å². The molecule has 15 heavy (non-hydrogen) atoms. The molecule has 2 N–H and O–H groups in total. The van der Waals surface area contributed by atoms with Gasteiger partial charge in [-0.2, -0.15) is 0 Å². The van der Waals surface area contributed by atoms with Crippen molar-refractivity contribution in [3.8, 4) is 0 Å². The molecular weight excluding hydrogens is 192 g/mol. The summed E-state index contributed by atoms with van der Waals surface area (Å²) in [7, 11) is 0. The zero-order valence-corrected chi connectivity index (χ0v) is 8.63. The molecule has 0 radical (unpaired) electrons. The molecule has 0 bridgehead atoms. The molecule has 1 atom stereocenters. The van der Waals surface area contributed by atoms with Crippen LogP contribution in [-0.2, 0) is 9.47 Å². The van der Waals surface area contributed by atoms with Crippen molar-refractivity contribution in [2.45, 2.75) is 6.23 Å². The first-order valence-corrected chi connectivity index (χ1v) is 4.81. The zero-order chi connectivity index (χ0) is 10.9. The Bertz CT molecular complexity index is 271. The first kappa shape index (κ1) is 11.8. The van der Waals surface area contributed by atoms with Gasteiger partial charge in [0.2, 0.25) is 0 Å².